The molecule has 2 aliphatic carbocycles. The van der Waals surface area contributed by atoms with Crippen LogP contribution in [-0.2, 0) is 4.79 Å². The van der Waals surface area contributed by atoms with Crippen molar-refractivity contribution in [1.29, 1.82) is 0 Å². The molecule has 0 bridgehead atoms. The van der Waals surface area contributed by atoms with Gasteiger partial charge in [0.15, 0.2) is 0 Å². The zero-order valence-corrected chi connectivity index (χ0v) is 13.0. The zero-order valence-electron chi connectivity index (χ0n) is 13.0. The van der Waals surface area contributed by atoms with Gasteiger partial charge in [-0.3, -0.25) is 4.79 Å². The minimum absolute atomic E-state index is 0.263. The summed E-state index contributed by atoms with van der Waals surface area (Å²) < 4.78 is 0. The van der Waals surface area contributed by atoms with Crippen LogP contribution in [-0.4, -0.2) is 35.0 Å². The highest BCUT2D eigenvalue weighted by molar-refractivity contribution is 5.79. The highest BCUT2D eigenvalue weighted by Gasteiger charge is 2.30. The highest BCUT2D eigenvalue weighted by atomic mass is 16.2. The Morgan fingerprint density at radius 2 is 2.05 bits per heavy atom. The maximum Gasteiger partial charge on any atom is 0.223 e. The molecule has 2 heterocycles. The van der Waals surface area contributed by atoms with Crippen molar-refractivity contribution in [3.63, 3.8) is 0 Å². The topological polar surface area (TPSA) is 58.1 Å². The molecule has 0 spiro atoms. The average Bonchev–Trinajstić information content (AvgIpc) is 3.30. The van der Waals surface area contributed by atoms with Crippen LogP contribution in [0.25, 0.3) is 0 Å². The van der Waals surface area contributed by atoms with Crippen LogP contribution in [0, 0.1) is 5.92 Å². The number of piperidine rings is 1. The van der Waals surface area contributed by atoms with Crippen LogP contribution in [0.2, 0.25) is 0 Å². The Kier molecular flexibility index (Phi) is 3.72. The molecule has 5 nitrogen and oxygen atoms in total. The van der Waals surface area contributed by atoms with Gasteiger partial charge in [0.25, 0.3) is 0 Å². The molecule has 22 heavy (non-hydrogen) atoms. The summed E-state index contributed by atoms with van der Waals surface area (Å²) in [5.41, 5.74) is 0. The second-order valence-corrected chi connectivity index (χ2v) is 6.97. The van der Waals surface area contributed by atoms with E-state index in [1.165, 1.54) is 19.3 Å². The monoisotopic (exact) mass is 300 g/mol. The summed E-state index contributed by atoms with van der Waals surface area (Å²) in [5.74, 6) is 3.15. The number of carbonyl (C=O) groups is 1. The van der Waals surface area contributed by atoms with E-state index >= 15 is 0 Å². The first kappa shape index (κ1) is 14.0. The van der Waals surface area contributed by atoms with Crippen LogP contribution < -0.4 is 10.2 Å². The molecule has 1 atom stereocenters. The van der Waals surface area contributed by atoms with Crippen molar-refractivity contribution < 1.29 is 4.79 Å². The first-order valence-corrected chi connectivity index (χ1v) is 8.68. The lowest BCUT2D eigenvalue weighted by Crippen LogP contribution is -2.50. The summed E-state index contributed by atoms with van der Waals surface area (Å²) in [4.78, 5) is 23.6. The maximum absolute atomic E-state index is 12.1. The lowest BCUT2D eigenvalue weighted by atomic mass is 9.84. The largest absolute Gasteiger partial charge is 0.354 e. The van der Waals surface area contributed by atoms with Crippen LogP contribution in [0.3, 0.4) is 0 Å². The minimum atomic E-state index is 0.263. The lowest BCUT2D eigenvalue weighted by Gasteiger charge is -2.35. The highest BCUT2D eigenvalue weighted by Crippen LogP contribution is 2.38. The standard InChI is InChI=1S/C17H24N4O/c22-17(13-3-1-4-13)19-14-5-2-10-21(11-14)15-8-9-18-16(20-15)12-6-7-12/h8-9,12-14H,1-7,10-11H2,(H,19,22). The van der Waals surface area contributed by atoms with Crippen molar-refractivity contribution in [2.75, 3.05) is 18.0 Å². The first-order chi connectivity index (χ1) is 10.8. The Hall–Kier alpha value is -1.65. The predicted octanol–water partition coefficient (Wildman–Crippen LogP) is 2.24. The van der Waals surface area contributed by atoms with Gasteiger partial charge in [-0.15, -0.1) is 0 Å². The average molecular weight is 300 g/mol. The molecule has 3 aliphatic rings. The van der Waals surface area contributed by atoms with Gasteiger partial charge in [-0.05, 0) is 44.6 Å². The third kappa shape index (κ3) is 2.94. The summed E-state index contributed by atoms with van der Waals surface area (Å²) in [6, 6.07) is 2.27. The van der Waals surface area contributed by atoms with Crippen LogP contribution in [0.15, 0.2) is 12.3 Å². The third-order valence-electron chi connectivity index (χ3n) is 5.17. The molecule has 0 aromatic carbocycles. The van der Waals surface area contributed by atoms with Gasteiger partial charge in [-0.1, -0.05) is 6.42 Å². The molecule has 1 saturated heterocycles. The molecule has 5 heteroatoms. The van der Waals surface area contributed by atoms with Gasteiger partial charge in [-0.2, -0.15) is 0 Å². The van der Waals surface area contributed by atoms with Gasteiger partial charge in [0.05, 0.1) is 0 Å². The van der Waals surface area contributed by atoms with Gasteiger partial charge >= 0.3 is 0 Å². The quantitative estimate of drug-likeness (QED) is 0.926. The smallest absolute Gasteiger partial charge is 0.223 e. The molecule has 1 aromatic heterocycles. The molecule has 2 saturated carbocycles. The van der Waals surface area contributed by atoms with Gasteiger partial charge in [-0.25, -0.2) is 9.97 Å². The van der Waals surface area contributed by atoms with Crippen LogP contribution in [0.5, 0.6) is 0 Å². The fourth-order valence-corrected chi connectivity index (χ4v) is 3.37. The third-order valence-corrected chi connectivity index (χ3v) is 5.17. The number of rotatable bonds is 4. The Morgan fingerprint density at radius 1 is 1.18 bits per heavy atom. The normalized spacial score (nSPS) is 25.6. The first-order valence-electron chi connectivity index (χ1n) is 8.68. The number of hydrogen-bond acceptors (Lipinski definition) is 4. The molecule has 1 aromatic rings. The molecule has 1 amide bonds. The fourth-order valence-electron chi connectivity index (χ4n) is 3.37. The van der Waals surface area contributed by atoms with E-state index in [1.807, 2.05) is 12.3 Å². The van der Waals surface area contributed by atoms with Crippen molar-refractivity contribution >= 4 is 11.7 Å². The molecule has 4 rings (SSSR count). The van der Waals surface area contributed by atoms with E-state index in [0.29, 0.717) is 5.92 Å². The van der Waals surface area contributed by atoms with Crippen LogP contribution in [0.4, 0.5) is 5.82 Å². The van der Waals surface area contributed by atoms with Gasteiger partial charge in [0, 0.05) is 37.2 Å². The fraction of sp³-hybridized carbons (Fsp3) is 0.706. The Morgan fingerprint density at radius 3 is 2.77 bits per heavy atom. The summed E-state index contributed by atoms with van der Waals surface area (Å²) in [5, 5.41) is 3.25. The summed E-state index contributed by atoms with van der Waals surface area (Å²) in [6.45, 7) is 1.90. The summed E-state index contributed by atoms with van der Waals surface area (Å²) >= 11 is 0. The van der Waals surface area contributed by atoms with Gasteiger partial charge < -0.3 is 10.2 Å². The molecule has 1 N–H and O–H groups in total. The zero-order chi connectivity index (χ0) is 14.9. The van der Waals surface area contributed by atoms with E-state index in [1.54, 1.807) is 0 Å². The number of hydrogen-bond donors (Lipinski definition) is 1. The Bertz CT molecular complexity index is 553. The van der Waals surface area contributed by atoms with Crippen molar-refractivity contribution in [2.45, 2.75) is 56.9 Å². The van der Waals surface area contributed by atoms with E-state index < -0.39 is 0 Å². The van der Waals surface area contributed by atoms with Crippen molar-refractivity contribution in [3.8, 4) is 0 Å². The number of carbonyl (C=O) groups excluding carboxylic acids is 1. The summed E-state index contributed by atoms with van der Waals surface area (Å²) in [7, 11) is 0. The number of amides is 1. The Balaban J connectivity index is 1.39. The van der Waals surface area contributed by atoms with Crippen molar-refractivity contribution in [1.82, 2.24) is 15.3 Å². The predicted molar refractivity (Wildman–Crippen MR) is 84.7 cm³/mol. The molecule has 3 fully saturated rings. The second-order valence-electron chi connectivity index (χ2n) is 6.97. The molecule has 1 unspecified atom stereocenters. The molecule has 1 aliphatic heterocycles. The van der Waals surface area contributed by atoms with E-state index in [4.69, 9.17) is 4.98 Å². The number of aromatic nitrogens is 2. The maximum atomic E-state index is 12.1. The lowest BCUT2D eigenvalue weighted by molar-refractivity contribution is -0.128. The molecular weight excluding hydrogens is 276 g/mol. The number of anilines is 1. The van der Waals surface area contributed by atoms with E-state index in [2.05, 4.69) is 15.2 Å². The molecular formula is C17H24N4O. The second kappa shape index (κ2) is 5.86. The van der Waals surface area contributed by atoms with Gasteiger partial charge in [0.2, 0.25) is 5.91 Å². The number of nitrogens with one attached hydrogen (secondary N) is 1. The molecule has 118 valence electrons. The van der Waals surface area contributed by atoms with Gasteiger partial charge in [0.1, 0.15) is 11.6 Å². The van der Waals surface area contributed by atoms with Crippen LogP contribution in [0.1, 0.15) is 56.7 Å². The molecule has 0 radical (unpaired) electrons. The minimum Gasteiger partial charge on any atom is -0.354 e. The Labute approximate surface area is 131 Å². The van der Waals surface area contributed by atoms with Crippen molar-refractivity contribution in [2.24, 2.45) is 5.92 Å². The van der Waals surface area contributed by atoms with E-state index in [0.717, 1.165) is 50.4 Å². The van der Waals surface area contributed by atoms with Crippen LogP contribution >= 0.6 is 0 Å². The summed E-state index contributed by atoms with van der Waals surface area (Å²) in [6.07, 6.45) is 9.87. The van der Waals surface area contributed by atoms with Crippen molar-refractivity contribution in [3.05, 3.63) is 18.1 Å². The van der Waals surface area contributed by atoms with E-state index in [-0.39, 0.29) is 17.9 Å². The SMILES string of the molecule is O=C(NC1CCCN(c2ccnc(C3CC3)n2)C1)C1CCC1. The van der Waals surface area contributed by atoms with E-state index in [9.17, 15) is 4.79 Å². The number of nitrogens with zero attached hydrogens (tertiary/aromatic N) is 3.